The van der Waals surface area contributed by atoms with Gasteiger partial charge >= 0.3 is 83.5 Å². The fraction of sp³-hybridized carbons (Fsp3) is 0.833. The van der Waals surface area contributed by atoms with Gasteiger partial charge in [-0.1, -0.05) is 0 Å². The zero-order valence-electron chi connectivity index (χ0n) is 6.49. The van der Waals surface area contributed by atoms with E-state index in [4.69, 9.17) is 5.11 Å². The summed E-state index contributed by atoms with van der Waals surface area (Å²) in [5.74, 6) is 0.0169. The van der Waals surface area contributed by atoms with E-state index in [0.717, 1.165) is 12.3 Å². The van der Waals surface area contributed by atoms with Gasteiger partial charge in [-0.05, 0) is 0 Å². The van der Waals surface area contributed by atoms with Crippen LogP contribution in [0.4, 0.5) is 0 Å². The van der Waals surface area contributed by atoms with Gasteiger partial charge < -0.3 is 0 Å². The first-order valence-corrected chi connectivity index (χ1v) is 5.71. The Morgan fingerprint density at radius 3 is 2.75 bits per heavy atom. The van der Waals surface area contributed by atoms with Gasteiger partial charge in [-0.3, -0.25) is 0 Å². The zero-order valence-corrected chi connectivity index (χ0v) is 11.8. The summed E-state index contributed by atoms with van der Waals surface area (Å²) in [6.07, 6.45) is 0. The molecule has 0 aromatic heterocycles. The maximum atomic E-state index is 10.6. The largest absolute Gasteiger partial charge is 0 e. The minimum atomic E-state index is -0.701. The van der Waals surface area contributed by atoms with Crippen molar-refractivity contribution >= 4 is 40.0 Å². The molecule has 1 saturated heterocycles. The Morgan fingerprint density at radius 1 is 1.75 bits per heavy atom. The molecule has 6 heteroatoms. The van der Waals surface area contributed by atoms with Crippen LogP contribution in [0.2, 0.25) is 0 Å². The van der Waals surface area contributed by atoms with Crippen molar-refractivity contribution in [3.63, 3.8) is 0 Å². The van der Waals surface area contributed by atoms with E-state index >= 15 is 0 Å². The molecule has 0 aromatic carbocycles. The molecule has 1 heterocycles. The fourth-order valence-corrected chi connectivity index (χ4v) is 3.48. The van der Waals surface area contributed by atoms with Crippen LogP contribution in [0.15, 0.2) is 0 Å². The number of rotatable bonds is 1. The van der Waals surface area contributed by atoms with Gasteiger partial charge in [0.2, 0.25) is 0 Å². The van der Waals surface area contributed by atoms with Crippen molar-refractivity contribution in [2.45, 2.75) is 9.34 Å². The molecule has 0 aromatic rings. The summed E-state index contributed by atoms with van der Waals surface area (Å²) >= 11 is 3.79. The molecule has 2 unspecified atom stereocenters. The summed E-state index contributed by atoms with van der Waals surface area (Å²) in [5.41, 5.74) is 0. The monoisotopic (exact) mass is 487 g/mol. The van der Waals surface area contributed by atoms with Crippen molar-refractivity contribution < 1.29 is 32.3 Å². The Hall–Kier alpha value is 1.31. The van der Waals surface area contributed by atoms with Gasteiger partial charge in [0.15, 0.2) is 0 Å². The third-order valence-corrected chi connectivity index (χ3v) is 4.31. The average Bonchev–Trinajstić information content (AvgIpc) is 1.85. The van der Waals surface area contributed by atoms with Gasteiger partial charge in [0, 0.05) is 22.4 Å². The van der Waals surface area contributed by atoms with E-state index in [1.807, 2.05) is 11.9 Å². The molecule has 1 fully saturated rings. The first-order chi connectivity index (χ1) is 5.11. The van der Waals surface area contributed by atoms with Gasteiger partial charge in [-0.15, -0.1) is 0 Å². The SMILES string of the molecule is CN1CC([Te])SCC1C(=O)O.[Au]. The number of hydrogen-bond acceptors (Lipinski definition) is 3. The van der Waals surface area contributed by atoms with Crippen LogP contribution < -0.4 is 0 Å². The van der Waals surface area contributed by atoms with Gasteiger partial charge in [-0.25, -0.2) is 0 Å². The molecule has 3 nitrogen and oxygen atoms in total. The Balaban J connectivity index is 0.00000121. The van der Waals surface area contributed by atoms with Crippen molar-refractivity contribution in [2.75, 3.05) is 19.3 Å². The molecule has 0 bridgehead atoms. The normalized spacial score (nSPS) is 30.8. The molecular weight excluding hydrogens is 475 g/mol. The molecule has 1 aliphatic heterocycles. The summed E-state index contributed by atoms with van der Waals surface area (Å²) in [5, 5.41) is 8.74. The van der Waals surface area contributed by atoms with Gasteiger partial charge in [0.25, 0.3) is 0 Å². The van der Waals surface area contributed by atoms with E-state index in [0.29, 0.717) is 3.30 Å². The van der Waals surface area contributed by atoms with E-state index in [-0.39, 0.29) is 28.4 Å². The van der Waals surface area contributed by atoms with Crippen LogP contribution in [0.3, 0.4) is 0 Å². The first-order valence-electron chi connectivity index (χ1n) is 3.31. The van der Waals surface area contributed by atoms with E-state index in [9.17, 15) is 4.79 Å². The van der Waals surface area contributed by atoms with Gasteiger partial charge in [-0.2, -0.15) is 0 Å². The van der Waals surface area contributed by atoms with E-state index in [1.54, 1.807) is 11.8 Å². The summed E-state index contributed by atoms with van der Waals surface area (Å²) < 4.78 is 0.575. The van der Waals surface area contributed by atoms with Crippen molar-refractivity contribution in [3.05, 3.63) is 0 Å². The van der Waals surface area contributed by atoms with Crippen LogP contribution in [-0.2, 0) is 27.2 Å². The number of nitrogens with zero attached hydrogens (tertiary/aromatic N) is 1. The number of carboxylic acid groups (broad SMARTS) is 1. The standard InChI is InChI=1S/C6H10NO2STe.Au/c1-7-2-5(11)10-3-4(7)6(8)9;/h4-5H,2-3H2,1H3,(H,8,9);. The molecule has 74 valence electrons. The number of carboxylic acids is 1. The molecule has 1 aliphatic rings. The second-order valence-electron chi connectivity index (χ2n) is 2.56. The quantitative estimate of drug-likeness (QED) is 0.515. The number of aliphatic carboxylic acids is 1. The van der Waals surface area contributed by atoms with Crippen molar-refractivity contribution in [1.82, 2.24) is 4.90 Å². The topological polar surface area (TPSA) is 40.5 Å². The Labute approximate surface area is 105 Å². The minimum Gasteiger partial charge on any atom is 0 e. The molecular formula is C6H10AuNO2STe. The average molecular weight is 485 g/mol. The van der Waals surface area contributed by atoms with Crippen molar-refractivity contribution in [2.24, 2.45) is 0 Å². The van der Waals surface area contributed by atoms with Gasteiger partial charge in [0.1, 0.15) is 0 Å². The molecule has 1 N–H and O–H groups in total. The van der Waals surface area contributed by atoms with E-state index in [1.165, 1.54) is 0 Å². The molecule has 12 heavy (non-hydrogen) atoms. The third kappa shape index (κ3) is 3.59. The van der Waals surface area contributed by atoms with Crippen LogP contribution in [0.25, 0.3) is 0 Å². The molecule has 0 spiro atoms. The molecule has 0 aliphatic carbocycles. The second-order valence-corrected chi connectivity index (χ2v) is 6.35. The predicted molar refractivity (Wildman–Crippen MR) is 46.1 cm³/mol. The Morgan fingerprint density at radius 2 is 2.33 bits per heavy atom. The number of hydrogen-bond donors (Lipinski definition) is 1. The summed E-state index contributed by atoms with van der Waals surface area (Å²) in [7, 11) is 1.87. The molecule has 1 rings (SSSR count). The molecule has 2 radical (unpaired) electrons. The maximum Gasteiger partial charge on any atom is 0 e. The van der Waals surface area contributed by atoms with E-state index in [2.05, 4.69) is 22.3 Å². The molecule has 0 saturated carbocycles. The van der Waals surface area contributed by atoms with Crippen LogP contribution in [0, 0.1) is 0 Å². The predicted octanol–water partition coefficient (Wildman–Crippen LogP) is -0.390. The Bertz CT molecular complexity index is 172. The summed E-state index contributed by atoms with van der Waals surface area (Å²) in [6.45, 7) is 0.881. The van der Waals surface area contributed by atoms with Crippen molar-refractivity contribution in [1.29, 1.82) is 0 Å². The number of thioether (sulfide) groups is 1. The summed E-state index contributed by atoms with van der Waals surface area (Å²) in [6, 6.07) is -0.280. The first kappa shape index (κ1) is 13.3. The van der Waals surface area contributed by atoms with Crippen molar-refractivity contribution in [3.8, 4) is 0 Å². The molecule has 2 atom stereocenters. The summed E-state index contributed by atoms with van der Waals surface area (Å²) in [4.78, 5) is 12.5. The van der Waals surface area contributed by atoms with Crippen LogP contribution in [-0.4, -0.2) is 67.0 Å². The number of likely N-dealkylation sites (N-methyl/N-ethyl adjacent to an activating group) is 1. The van der Waals surface area contributed by atoms with Crippen LogP contribution in [0.5, 0.6) is 0 Å². The smallest absolute Gasteiger partial charge is 0 e. The second kappa shape index (κ2) is 5.92. The third-order valence-electron chi connectivity index (χ3n) is 1.69. The van der Waals surface area contributed by atoms with Crippen LogP contribution >= 0.6 is 11.8 Å². The van der Waals surface area contributed by atoms with E-state index < -0.39 is 5.97 Å². The maximum absolute atomic E-state index is 10.6. The minimum absolute atomic E-state index is 0. The fourth-order valence-electron chi connectivity index (χ4n) is 1.00. The number of carbonyl (C=O) groups is 1. The Kier molecular flexibility index (Phi) is 6.57. The zero-order chi connectivity index (χ0) is 8.43. The molecule has 0 amide bonds. The van der Waals surface area contributed by atoms with Crippen LogP contribution in [0.1, 0.15) is 0 Å². The van der Waals surface area contributed by atoms with Gasteiger partial charge in [0.05, 0.1) is 0 Å².